The first-order chi connectivity index (χ1) is 7.33. The number of carbonyl (C=O) groups excluding carboxylic acids is 1. The molecule has 1 unspecified atom stereocenters. The highest BCUT2D eigenvalue weighted by atomic mass is 16.3. The van der Waals surface area contributed by atoms with Crippen LogP contribution in [0.5, 0.6) is 0 Å². The van der Waals surface area contributed by atoms with Crippen molar-refractivity contribution in [3.05, 3.63) is 18.4 Å². The van der Waals surface area contributed by atoms with Gasteiger partial charge >= 0.3 is 0 Å². The van der Waals surface area contributed by atoms with Crippen molar-refractivity contribution >= 4 is 5.91 Å². The molecule has 4 nitrogen and oxygen atoms in total. The van der Waals surface area contributed by atoms with Gasteiger partial charge < -0.3 is 9.32 Å². The SMILES string of the molecule is CCC(c1cocn1)N1CCCCC1=O. The number of hydrogen-bond acceptors (Lipinski definition) is 3. The molecule has 0 bridgehead atoms. The van der Waals surface area contributed by atoms with E-state index < -0.39 is 0 Å². The van der Waals surface area contributed by atoms with Crippen LogP contribution in [0.25, 0.3) is 0 Å². The molecule has 0 aliphatic carbocycles. The Morgan fingerprint density at radius 3 is 3.07 bits per heavy atom. The molecule has 1 aromatic heterocycles. The summed E-state index contributed by atoms with van der Waals surface area (Å²) in [5, 5.41) is 0. The lowest BCUT2D eigenvalue weighted by atomic mass is 10.0. The van der Waals surface area contributed by atoms with Gasteiger partial charge in [-0.1, -0.05) is 6.92 Å². The first kappa shape index (κ1) is 10.2. The molecule has 2 rings (SSSR count). The summed E-state index contributed by atoms with van der Waals surface area (Å²) in [5.74, 6) is 0.246. The van der Waals surface area contributed by atoms with Gasteiger partial charge in [-0.05, 0) is 19.3 Å². The van der Waals surface area contributed by atoms with Gasteiger partial charge in [0, 0.05) is 13.0 Å². The summed E-state index contributed by atoms with van der Waals surface area (Å²) in [6, 6.07) is 0.0940. The van der Waals surface area contributed by atoms with Gasteiger partial charge in [-0.15, -0.1) is 0 Å². The molecule has 15 heavy (non-hydrogen) atoms. The lowest BCUT2D eigenvalue weighted by Gasteiger charge is -2.33. The Hall–Kier alpha value is -1.32. The highest BCUT2D eigenvalue weighted by Crippen LogP contribution is 2.26. The van der Waals surface area contributed by atoms with Crippen LogP contribution in [0.4, 0.5) is 0 Å². The maximum atomic E-state index is 11.8. The van der Waals surface area contributed by atoms with Gasteiger partial charge in [0.25, 0.3) is 0 Å². The zero-order valence-electron chi connectivity index (χ0n) is 8.98. The van der Waals surface area contributed by atoms with Crippen LogP contribution in [-0.2, 0) is 4.79 Å². The Morgan fingerprint density at radius 1 is 1.60 bits per heavy atom. The van der Waals surface area contributed by atoms with E-state index in [-0.39, 0.29) is 11.9 Å². The molecule has 1 aliphatic heterocycles. The van der Waals surface area contributed by atoms with Crippen LogP contribution in [0.3, 0.4) is 0 Å². The van der Waals surface area contributed by atoms with Crippen molar-refractivity contribution in [3.8, 4) is 0 Å². The standard InChI is InChI=1S/C11H16N2O2/c1-2-10(9-7-15-8-12-9)13-6-4-3-5-11(13)14/h7-8,10H,2-6H2,1H3. The molecule has 1 amide bonds. The fraction of sp³-hybridized carbons (Fsp3) is 0.636. The number of amides is 1. The zero-order valence-corrected chi connectivity index (χ0v) is 8.98. The summed E-state index contributed by atoms with van der Waals surface area (Å²) >= 11 is 0. The fourth-order valence-electron chi connectivity index (χ4n) is 2.13. The number of likely N-dealkylation sites (tertiary alicyclic amines) is 1. The van der Waals surface area contributed by atoms with Gasteiger partial charge in [-0.3, -0.25) is 4.79 Å². The zero-order chi connectivity index (χ0) is 10.7. The number of carbonyl (C=O) groups is 1. The van der Waals surface area contributed by atoms with Crippen molar-refractivity contribution in [1.29, 1.82) is 0 Å². The molecule has 1 saturated heterocycles. The average molecular weight is 208 g/mol. The predicted molar refractivity (Wildman–Crippen MR) is 55.1 cm³/mol. The largest absolute Gasteiger partial charge is 0.451 e. The first-order valence-corrected chi connectivity index (χ1v) is 5.50. The summed E-state index contributed by atoms with van der Waals surface area (Å²) in [7, 11) is 0. The Bertz CT molecular complexity index is 321. The van der Waals surface area contributed by atoms with E-state index in [2.05, 4.69) is 11.9 Å². The van der Waals surface area contributed by atoms with Crippen molar-refractivity contribution in [3.63, 3.8) is 0 Å². The fourth-order valence-corrected chi connectivity index (χ4v) is 2.13. The van der Waals surface area contributed by atoms with Crippen molar-refractivity contribution < 1.29 is 9.21 Å². The number of nitrogens with zero attached hydrogens (tertiary/aromatic N) is 2. The van der Waals surface area contributed by atoms with Crippen LogP contribution < -0.4 is 0 Å². The second-order valence-corrected chi connectivity index (χ2v) is 3.88. The smallest absolute Gasteiger partial charge is 0.223 e. The molecule has 82 valence electrons. The highest BCUT2D eigenvalue weighted by molar-refractivity contribution is 5.77. The second kappa shape index (κ2) is 4.47. The van der Waals surface area contributed by atoms with Gasteiger partial charge in [0.1, 0.15) is 12.0 Å². The van der Waals surface area contributed by atoms with Crippen molar-refractivity contribution in [2.75, 3.05) is 6.54 Å². The Labute approximate surface area is 89.3 Å². The Morgan fingerprint density at radius 2 is 2.47 bits per heavy atom. The predicted octanol–water partition coefficient (Wildman–Crippen LogP) is 2.14. The molecule has 1 atom stereocenters. The molecule has 1 aliphatic rings. The number of oxazole rings is 1. The van der Waals surface area contributed by atoms with E-state index in [1.807, 2.05) is 4.90 Å². The average Bonchev–Trinajstić information content (AvgIpc) is 2.75. The van der Waals surface area contributed by atoms with E-state index in [1.165, 1.54) is 6.39 Å². The number of piperidine rings is 1. The Kier molecular flexibility index (Phi) is 3.04. The topological polar surface area (TPSA) is 46.3 Å². The van der Waals surface area contributed by atoms with Gasteiger partial charge in [0.05, 0.1) is 6.04 Å². The normalized spacial score (nSPS) is 19.3. The summed E-state index contributed by atoms with van der Waals surface area (Å²) in [6.45, 7) is 2.92. The van der Waals surface area contributed by atoms with E-state index in [4.69, 9.17) is 4.42 Å². The first-order valence-electron chi connectivity index (χ1n) is 5.50. The number of aromatic nitrogens is 1. The van der Waals surface area contributed by atoms with Crippen LogP contribution in [0, 0.1) is 0 Å². The minimum Gasteiger partial charge on any atom is -0.451 e. The van der Waals surface area contributed by atoms with Crippen LogP contribution >= 0.6 is 0 Å². The summed E-state index contributed by atoms with van der Waals surface area (Å²) < 4.78 is 4.97. The molecule has 0 aromatic carbocycles. The number of hydrogen-bond donors (Lipinski definition) is 0. The quantitative estimate of drug-likeness (QED) is 0.764. The minimum atomic E-state index is 0.0940. The molecule has 0 radical (unpaired) electrons. The van der Waals surface area contributed by atoms with Crippen LogP contribution in [0.2, 0.25) is 0 Å². The summed E-state index contributed by atoms with van der Waals surface area (Å²) in [4.78, 5) is 17.8. The van der Waals surface area contributed by atoms with E-state index in [1.54, 1.807) is 6.26 Å². The van der Waals surface area contributed by atoms with E-state index in [0.29, 0.717) is 6.42 Å². The second-order valence-electron chi connectivity index (χ2n) is 3.88. The Balaban J connectivity index is 2.15. The molecule has 0 spiro atoms. The molecular weight excluding hydrogens is 192 g/mol. The van der Waals surface area contributed by atoms with Crippen LogP contribution in [0.1, 0.15) is 44.3 Å². The lowest BCUT2D eigenvalue weighted by molar-refractivity contribution is -0.136. The van der Waals surface area contributed by atoms with Gasteiger partial charge in [0.2, 0.25) is 5.91 Å². The van der Waals surface area contributed by atoms with E-state index in [0.717, 1.165) is 31.5 Å². The van der Waals surface area contributed by atoms with Gasteiger partial charge in [-0.25, -0.2) is 4.98 Å². The summed E-state index contributed by atoms with van der Waals surface area (Å²) in [6.07, 6.45) is 6.74. The maximum absolute atomic E-state index is 11.8. The summed E-state index contributed by atoms with van der Waals surface area (Å²) in [5.41, 5.74) is 0.868. The van der Waals surface area contributed by atoms with Crippen LogP contribution in [0.15, 0.2) is 17.1 Å². The van der Waals surface area contributed by atoms with E-state index >= 15 is 0 Å². The molecule has 0 N–H and O–H groups in total. The molecule has 0 saturated carbocycles. The highest BCUT2D eigenvalue weighted by Gasteiger charge is 2.27. The van der Waals surface area contributed by atoms with Crippen LogP contribution in [-0.4, -0.2) is 22.3 Å². The molecule has 4 heteroatoms. The number of rotatable bonds is 3. The molecule has 2 heterocycles. The minimum absolute atomic E-state index is 0.0940. The lowest BCUT2D eigenvalue weighted by Crippen LogP contribution is -2.38. The molecule has 1 aromatic rings. The third kappa shape index (κ3) is 2.03. The third-order valence-electron chi connectivity index (χ3n) is 2.92. The third-order valence-corrected chi connectivity index (χ3v) is 2.92. The molecule has 1 fully saturated rings. The molecular formula is C11H16N2O2. The monoisotopic (exact) mass is 208 g/mol. The van der Waals surface area contributed by atoms with Crippen molar-refractivity contribution in [1.82, 2.24) is 9.88 Å². The maximum Gasteiger partial charge on any atom is 0.223 e. The van der Waals surface area contributed by atoms with Gasteiger partial charge in [0.15, 0.2) is 6.39 Å². The van der Waals surface area contributed by atoms with Crippen molar-refractivity contribution in [2.45, 2.75) is 38.6 Å². The van der Waals surface area contributed by atoms with E-state index in [9.17, 15) is 4.79 Å². The van der Waals surface area contributed by atoms with Gasteiger partial charge in [-0.2, -0.15) is 0 Å². The van der Waals surface area contributed by atoms with Crippen molar-refractivity contribution in [2.24, 2.45) is 0 Å².